The minimum Gasteiger partial charge on any atom is -0.454 e. The molecule has 1 aromatic heterocycles. The molecular weight excluding hydrogens is 358 g/mol. The minimum absolute atomic E-state index is 0.107. The Hall–Kier alpha value is -3.09. The molecule has 2 amide bonds. The molecule has 7 nitrogen and oxygen atoms in total. The maximum absolute atomic E-state index is 12.9. The molecule has 7 heteroatoms. The zero-order valence-corrected chi connectivity index (χ0v) is 15.8. The lowest BCUT2D eigenvalue weighted by molar-refractivity contribution is -0.143. The number of fused-ring (bicyclic) bond motifs is 1. The summed E-state index contributed by atoms with van der Waals surface area (Å²) in [5, 5.41) is 2.91. The predicted octanol–water partition coefficient (Wildman–Crippen LogP) is 1.91. The molecule has 1 aliphatic heterocycles. The van der Waals surface area contributed by atoms with Crippen molar-refractivity contribution in [3.05, 3.63) is 53.9 Å². The van der Waals surface area contributed by atoms with Crippen LogP contribution in [0, 0.1) is 5.41 Å². The van der Waals surface area contributed by atoms with E-state index in [9.17, 15) is 9.59 Å². The van der Waals surface area contributed by atoms with Crippen molar-refractivity contribution in [2.75, 3.05) is 20.4 Å². The molecule has 0 saturated heterocycles. The first kappa shape index (κ1) is 18.3. The van der Waals surface area contributed by atoms with E-state index in [4.69, 9.17) is 9.47 Å². The molecule has 0 bridgehead atoms. The summed E-state index contributed by atoms with van der Waals surface area (Å²) in [5.41, 5.74) is 1.11. The van der Waals surface area contributed by atoms with Crippen molar-refractivity contribution in [2.45, 2.75) is 25.8 Å². The zero-order chi connectivity index (χ0) is 19.6. The highest BCUT2D eigenvalue weighted by atomic mass is 16.7. The van der Waals surface area contributed by atoms with Gasteiger partial charge in [-0.1, -0.05) is 6.07 Å². The molecule has 1 fully saturated rings. The van der Waals surface area contributed by atoms with Gasteiger partial charge in [-0.15, -0.1) is 0 Å². The molecule has 1 saturated carbocycles. The highest BCUT2D eigenvalue weighted by Crippen LogP contribution is 2.47. The fourth-order valence-corrected chi connectivity index (χ4v) is 3.38. The van der Waals surface area contributed by atoms with E-state index in [1.807, 2.05) is 30.3 Å². The van der Waals surface area contributed by atoms with Gasteiger partial charge in [-0.25, -0.2) is 0 Å². The predicted molar refractivity (Wildman–Crippen MR) is 102 cm³/mol. The Morgan fingerprint density at radius 1 is 1.11 bits per heavy atom. The van der Waals surface area contributed by atoms with Crippen molar-refractivity contribution < 1.29 is 19.1 Å². The third kappa shape index (κ3) is 3.65. The van der Waals surface area contributed by atoms with Gasteiger partial charge in [0.05, 0.1) is 0 Å². The fraction of sp³-hybridized carbons (Fsp3) is 0.381. The first-order chi connectivity index (χ1) is 13.6. The average molecular weight is 381 g/mol. The van der Waals surface area contributed by atoms with E-state index in [1.165, 1.54) is 0 Å². The number of likely N-dealkylation sites (N-methyl/N-ethyl adjacent to an activating group) is 1. The quantitative estimate of drug-likeness (QED) is 0.741. The summed E-state index contributed by atoms with van der Waals surface area (Å²) in [6, 6.07) is 9.43. The van der Waals surface area contributed by atoms with Gasteiger partial charge in [0.2, 0.25) is 18.6 Å². The second kappa shape index (κ2) is 7.50. The number of amides is 2. The first-order valence-electron chi connectivity index (χ1n) is 9.40. The van der Waals surface area contributed by atoms with Crippen LogP contribution >= 0.6 is 0 Å². The SMILES string of the molecule is CN(CCc1ccncc1)C(=O)C1(C(=O)NCc2ccc3c(c2)OCO3)CC1. The van der Waals surface area contributed by atoms with E-state index in [2.05, 4.69) is 10.3 Å². The molecule has 0 spiro atoms. The van der Waals surface area contributed by atoms with E-state index >= 15 is 0 Å². The number of pyridine rings is 1. The molecule has 1 aliphatic carbocycles. The smallest absolute Gasteiger partial charge is 0.238 e. The van der Waals surface area contributed by atoms with Gasteiger partial charge in [-0.3, -0.25) is 14.6 Å². The van der Waals surface area contributed by atoms with Crippen molar-refractivity contribution in [3.63, 3.8) is 0 Å². The van der Waals surface area contributed by atoms with E-state index in [1.54, 1.807) is 24.3 Å². The van der Waals surface area contributed by atoms with Crippen LogP contribution in [0.5, 0.6) is 11.5 Å². The number of carbonyl (C=O) groups excluding carboxylic acids is 2. The second-order valence-electron chi connectivity index (χ2n) is 7.28. The summed E-state index contributed by atoms with van der Waals surface area (Å²) in [4.78, 5) is 31.3. The molecule has 2 aliphatic rings. The molecule has 146 valence electrons. The number of aromatic nitrogens is 1. The standard InChI is InChI=1S/C21H23N3O4/c1-24(11-6-15-4-9-22-10-5-15)20(26)21(7-8-21)19(25)23-13-16-2-3-17-18(12-16)28-14-27-17/h2-5,9-10,12H,6-8,11,13-14H2,1H3,(H,23,25). The van der Waals surface area contributed by atoms with Crippen LogP contribution in [0.4, 0.5) is 0 Å². The van der Waals surface area contributed by atoms with Crippen LogP contribution in [0.15, 0.2) is 42.7 Å². The van der Waals surface area contributed by atoms with Gasteiger partial charge in [0.15, 0.2) is 11.5 Å². The second-order valence-corrected chi connectivity index (χ2v) is 7.28. The van der Waals surface area contributed by atoms with Gasteiger partial charge in [-0.2, -0.15) is 0 Å². The average Bonchev–Trinajstić information content (AvgIpc) is 3.41. The number of carbonyl (C=O) groups is 2. The third-order valence-corrected chi connectivity index (χ3v) is 5.32. The first-order valence-corrected chi connectivity index (χ1v) is 9.40. The Balaban J connectivity index is 1.32. The van der Waals surface area contributed by atoms with Crippen LogP contribution in [-0.4, -0.2) is 42.1 Å². The summed E-state index contributed by atoms with van der Waals surface area (Å²) in [6.45, 7) is 1.14. The van der Waals surface area contributed by atoms with E-state index < -0.39 is 5.41 Å². The fourth-order valence-electron chi connectivity index (χ4n) is 3.38. The number of hydrogen-bond acceptors (Lipinski definition) is 5. The maximum atomic E-state index is 12.9. The van der Waals surface area contributed by atoms with Crippen molar-refractivity contribution in [2.24, 2.45) is 5.41 Å². The third-order valence-electron chi connectivity index (χ3n) is 5.32. The summed E-state index contributed by atoms with van der Waals surface area (Å²) in [7, 11) is 1.76. The van der Waals surface area contributed by atoms with Gasteiger partial charge in [0.1, 0.15) is 5.41 Å². The van der Waals surface area contributed by atoms with Crippen LogP contribution in [-0.2, 0) is 22.6 Å². The molecule has 4 rings (SSSR count). The minimum atomic E-state index is -0.913. The number of benzene rings is 1. The molecule has 0 atom stereocenters. The lowest BCUT2D eigenvalue weighted by Gasteiger charge is -2.23. The molecular formula is C21H23N3O4. The summed E-state index contributed by atoms with van der Waals surface area (Å²) >= 11 is 0. The van der Waals surface area contributed by atoms with Crippen molar-refractivity contribution >= 4 is 11.8 Å². The lowest BCUT2D eigenvalue weighted by atomic mass is 10.0. The van der Waals surface area contributed by atoms with Gasteiger partial charge in [0.25, 0.3) is 0 Å². The van der Waals surface area contributed by atoms with Crippen LogP contribution in [0.1, 0.15) is 24.0 Å². The summed E-state index contributed by atoms with van der Waals surface area (Å²) < 4.78 is 10.7. The Bertz CT molecular complexity index is 880. The highest BCUT2D eigenvalue weighted by molar-refractivity contribution is 6.07. The van der Waals surface area contributed by atoms with Crippen LogP contribution in [0.2, 0.25) is 0 Å². The van der Waals surface area contributed by atoms with Gasteiger partial charge < -0.3 is 19.7 Å². The van der Waals surface area contributed by atoms with Crippen molar-refractivity contribution in [1.82, 2.24) is 15.2 Å². The topological polar surface area (TPSA) is 80.8 Å². The Morgan fingerprint density at radius 3 is 2.61 bits per heavy atom. The van der Waals surface area contributed by atoms with E-state index in [0.717, 1.165) is 17.5 Å². The molecule has 0 unspecified atom stereocenters. The van der Waals surface area contributed by atoms with E-state index in [-0.39, 0.29) is 18.6 Å². The van der Waals surface area contributed by atoms with Gasteiger partial charge in [-0.05, 0) is 54.7 Å². The molecule has 2 heterocycles. The molecule has 1 aromatic carbocycles. The molecule has 2 aromatic rings. The van der Waals surface area contributed by atoms with Gasteiger partial charge >= 0.3 is 0 Å². The maximum Gasteiger partial charge on any atom is 0.238 e. The number of hydrogen-bond donors (Lipinski definition) is 1. The monoisotopic (exact) mass is 381 g/mol. The Labute approximate surface area is 163 Å². The largest absolute Gasteiger partial charge is 0.454 e. The Kier molecular flexibility index (Phi) is 4.90. The lowest BCUT2D eigenvalue weighted by Crippen LogP contribution is -2.44. The molecule has 28 heavy (non-hydrogen) atoms. The van der Waals surface area contributed by atoms with Crippen LogP contribution in [0.25, 0.3) is 0 Å². The van der Waals surface area contributed by atoms with Crippen LogP contribution < -0.4 is 14.8 Å². The summed E-state index contributed by atoms with van der Waals surface area (Å²) in [5.74, 6) is 1.08. The van der Waals surface area contributed by atoms with Crippen molar-refractivity contribution in [1.29, 1.82) is 0 Å². The number of rotatable bonds is 7. The van der Waals surface area contributed by atoms with Crippen molar-refractivity contribution in [3.8, 4) is 11.5 Å². The highest BCUT2D eigenvalue weighted by Gasteiger charge is 2.57. The molecule has 1 N–H and O–H groups in total. The van der Waals surface area contributed by atoms with E-state index in [0.29, 0.717) is 37.4 Å². The normalized spacial score (nSPS) is 15.8. The zero-order valence-electron chi connectivity index (χ0n) is 15.8. The Morgan fingerprint density at radius 2 is 1.86 bits per heavy atom. The number of nitrogens with one attached hydrogen (secondary N) is 1. The number of ether oxygens (including phenoxy) is 2. The van der Waals surface area contributed by atoms with Gasteiger partial charge in [0, 0.05) is 32.5 Å². The molecule has 0 radical (unpaired) electrons. The van der Waals surface area contributed by atoms with Crippen LogP contribution in [0.3, 0.4) is 0 Å². The summed E-state index contributed by atoms with van der Waals surface area (Å²) in [6.07, 6.45) is 5.41. The number of nitrogens with zero attached hydrogens (tertiary/aromatic N) is 2.